The molecule has 46 heavy (non-hydrogen) atoms. The van der Waals surface area contributed by atoms with E-state index in [0.717, 1.165) is 6.08 Å². The number of carbonyl (C=O) groups excluding carboxylic acids is 3. The van der Waals surface area contributed by atoms with Crippen molar-refractivity contribution >= 4 is 52.9 Å². The molecule has 2 aliphatic heterocycles. The van der Waals surface area contributed by atoms with Crippen molar-refractivity contribution in [2.75, 3.05) is 36.5 Å². The van der Waals surface area contributed by atoms with Crippen molar-refractivity contribution < 1.29 is 33.4 Å². The van der Waals surface area contributed by atoms with Crippen molar-refractivity contribution in [3.63, 3.8) is 0 Å². The third kappa shape index (κ3) is 5.92. The molecule has 4 aromatic rings. The highest BCUT2D eigenvalue weighted by Gasteiger charge is 2.38. The minimum Gasteiger partial charge on any atom is -0.478 e. The summed E-state index contributed by atoms with van der Waals surface area (Å²) in [5, 5.41) is 22.7. The average molecular weight is 647 g/mol. The topological polar surface area (TPSA) is 173 Å². The molecule has 2 aromatic heterocycles. The highest BCUT2D eigenvalue weighted by molar-refractivity contribution is 6.31. The van der Waals surface area contributed by atoms with E-state index in [1.807, 2.05) is 0 Å². The van der Waals surface area contributed by atoms with E-state index in [1.165, 1.54) is 69.5 Å². The number of pyridine rings is 1. The van der Waals surface area contributed by atoms with Gasteiger partial charge >= 0.3 is 5.97 Å². The van der Waals surface area contributed by atoms with Gasteiger partial charge in [-0.05, 0) is 71.0 Å². The van der Waals surface area contributed by atoms with Crippen LogP contribution in [0.25, 0.3) is 11.8 Å². The number of rotatable bonds is 7. The van der Waals surface area contributed by atoms with Crippen LogP contribution in [0.5, 0.6) is 0 Å². The molecule has 1 atom stereocenters. The van der Waals surface area contributed by atoms with E-state index in [-0.39, 0.29) is 53.9 Å². The number of ether oxygens (including phenoxy) is 1. The number of morpholine rings is 1. The molecule has 4 heterocycles. The van der Waals surface area contributed by atoms with Gasteiger partial charge in [0.2, 0.25) is 5.91 Å². The van der Waals surface area contributed by atoms with Gasteiger partial charge in [-0.15, -0.1) is 5.10 Å². The molecule has 1 unspecified atom stereocenters. The van der Waals surface area contributed by atoms with Crippen LogP contribution < -0.4 is 10.2 Å². The number of nitrogens with one attached hydrogen (secondary N) is 1. The summed E-state index contributed by atoms with van der Waals surface area (Å²) in [7, 11) is 0. The van der Waals surface area contributed by atoms with Crippen LogP contribution in [0.1, 0.15) is 33.1 Å². The number of aromatic carboxylic acids is 1. The molecule has 1 fully saturated rings. The van der Waals surface area contributed by atoms with Crippen molar-refractivity contribution in [2.45, 2.75) is 12.5 Å². The van der Waals surface area contributed by atoms with Crippen molar-refractivity contribution in [3.05, 3.63) is 94.2 Å². The van der Waals surface area contributed by atoms with Crippen LogP contribution in [0.2, 0.25) is 5.02 Å². The Morgan fingerprint density at radius 3 is 2.63 bits per heavy atom. The first-order valence-electron chi connectivity index (χ1n) is 13.9. The third-order valence-corrected chi connectivity index (χ3v) is 7.84. The first-order chi connectivity index (χ1) is 22.2. The summed E-state index contributed by atoms with van der Waals surface area (Å²) < 4.78 is 21.7. The summed E-state index contributed by atoms with van der Waals surface area (Å²) in [5.41, 5.74) is 1.57. The predicted molar refractivity (Wildman–Crippen MR) is 161 cm³/mol. The van der Waals surface area contributed by atoms with Gasteiger partial charge in [0.25, 0.3) is 11.8 Å². The van der Waals surface area contributed by atoms with Crippen LogP contribution in [-0.4, -0.2) is 85.2 Å². The highest BCUT2D eigenvalue weighted by Crippen LogP contribution is 2.36. The Balaban J connectivity index is 1.37. The summed E-state index contributed by atoms with van der Waals surface area (Å²) in [6, 6.07) is 8.80. The molecule has 0 radical (unpaired) electrons. The van der Waals surface area contributed by atoms with Crippen LogP contribution >= 0.6 is 11.6 Å². The van der Waals surface area contributed by atoms with Crippen molar-refractivity contribution in [3.8, 4) is 5.69 Å². The van der Waals surface area contributed by atoms with E-state index >= 15 is 4.39 Å². The van der Waals surface area contributed by atoms with E-state index in [2.05, 4.69) is 25.8 Å². The second-order valence-electron chi connectivity index (χ2n) is 10.2. The van der Waals surface area contributed by atoms with Crippen molar-refractivity contribution in [1.82, 2.24) is 30.1 Å². The number of halogens is 2. The molecule has 2 aromatic carbocycles. The average Bonchev–Trinajstić information content (AvgIpc) is 3.60. The monoisotopic (exact) mass is 646 g/mol. The molecule has 14 nitrogen and oxygen atoms in total. The van der Waals surface area contributed by atoms with Crippen LogP contribution in [0.15, 0.2) is 61.1 Å². The number of aromatic nitrogens is 5. The summed E-state index contributed by atoms with van der Waals surface area (Å²) >= 11 is 6.03. The molecule has 2 aliphatic rings. The van der Waals surface area contributed by atoms with E-state index in [0.29, 0.717) is 29.2 Å². The molecule has 234 valence electrons. The number of carboxylic acid groups (broad SMARTS) is 1. The zero-order chi connectivity index (χ0) is 32.4. The highest BCUT2D eigenvalue weighted by atomic mass is 35.5. The Morgan fingerprint density at radius 2 is 1.91 bits per heavy atom. The first-order valence-corrected chi connectivity index (χ1v) is 14.3. The number of benzene rings is 2. The number of nitrogens with zero attached hydrogens (tertiary/aromatic N) is 7. The molecule has 3 amide bonds. The van der Waals surface area contributed by atoms with E-state index in [4.69, 9.17) is 16.3 Å². The van der Waals surface area contributed by atoms with Crippen LogP contribution in [0.3, 0.4) is 0 Å². The Kier molecular flexibility index (Phi) is 8.50. The second kappa shape index (κ2) is 12.8. The number of tetrazole rings is 1. The largest absolute Gasteiger partial charge is 0.478 e. The lowest BCUT2D eigenvalue weighted by Gasteiger charge is -2.38. The smallest absolute Gasteiger partial charge is 0.335 e. The van der Waals surface area contributed by atoms with Gasteiger partial charge in [0.1, 0.15) is 24.8 Å². The molecule has 0 bridgehead atoms. The Bertz CT molecular complexity index is 1870. The normalized spacial score (nSPS) is 16.4. The molecule has 1 saturated heterocycles. The number of carbonyl (C=O) groups is 4. The minimum atomic E-state index is -1.19. The molecule has 0 saturated carbocycles. The van der Waals surface area contributed by atoms with Gasteiger partial charge in [-0.2, -0.15) is 4.68 Å². The quantitative estimate of drug-likeness (QED) is 0.284. The third-order valence-electron chi connectivity index (χ3n) is 7.55. The van der Waals surface area contributed by atoms with Crippen LogP contribution in [-0.2, 0) is 25.5 Å². The second-order valence-corrected chi connectivity index (χ2v) is 10.6. The number of hydrogen-bond acceptors (Lipinski definition) is 9. The number of hydrogen-bond donors (Lipinski definition) is 2. The molecule has 16 heteroatoms. The minimum absolute atomic E-state index is 0.0307. The zero-order valence-electron chi connectivity index (χ0n) is 23.8. The molecular formula is C30H24ClFN8O6. The molecule has 2 N–H and O–H groups in total. The van der Waals surface area contributed by atoms with Crippen LogP contribution in [0.4, 0.5) is 15.9 Å². The summed E-state index contributed by atoms with van der Waals surface area (Å²) in [6.07, 6.45) is 5.35. The molecular weight excluding hydrogens is 623 g/mol. The van der Waals surface area contributed by atoms with Crippen molar-refractivity contribution in [2.24, 2.45) is 0 Å². The Morgan fingerprint density at radius 1 is 1.11 bits per heavy atom. The van der Waals surface area contributed by atoms with Crippen LogP contribution in [0, 0.1) is 5.82 Å². The Labute approximate surface area is 265 Å². The van der Waals surface area contributed by atoms with Gasteiger partial charge < -0.3 is 20.1 Å². The SMILES string of the molecule is O=C(O)c1ccc(NC(=O)C2c3ccnc(N4CCOCC4=O)c3CCN2C(=O)/C=C/c2c(-n3cnnn3)ccc(Cl)c2F)cc1. The lowest BCUT2D eigenvalue weighted by molar-refractivity contribution is -0.135. The maximum absolute atomic E-state index is 15.2. The first kappa shape index (κ1) is 30.5. The predicted octanol–water partition coefficient (Wildman–Crippen LogP) is 2.69. The van der Waals surface area contributed by atoms with E-state index in [9.17, 15) is 24.3 Å². The lowest BCUT2D eigenvalue weighted by Crippen LogP contribution is -2.47. The zero-order valence-corrected chi connectivity index (χ0v) is 24.6. The fraction of sp³-hybridized carbons (Fsp3) is 0.200. The van der Waals surface area contributed by atoms with Gasteiger partial charge in [-0.25, -0.2) is 14.2 Å². The number of amides is 3. The maximum atomic E-state index is 15.2. The summed E-state index contributed by atoms with van der Waals surface area (Å²) in [6.45, 7) is 0.537. The standard InChI is InChI=1S/C30H24ClFN8O6/c31-22-6-7-23(40-16-34-36-37-40)21(26(22)32)5-8-24(41)38-12-10-20-19(9-11-33-28(20)39-13-14-46-15-25(39)42)27(38)29(43)35-18-3-1-17(2-4-18)30(44)45/h1-9,11,16,27H,10,12-15H2,(H,35,43)(H,44,45)/b8-5+. The number of anilines is 2. The van der Waals surface area contributed by atoms with E-state index in [1.54, 1.807) is 6.07 Å². The lowest BCUT2D eigenvalue weighted by atomic mass is 9.92. The van der Waals surface area contributed by atoms with Gasteiger partial charge in [0, 0.05) is 35.6 Å². The fourth-order valence-corrected chi connectivity index (χ4v) is 5.54. The molecule has 0 aliphatic carbocycles. The number of fused-ring (bicyclic) bond motifs is 1. The summed E-state index contributed by atoms with van der Waals surface area (Å²) in [4.78, 5) is 59.0. The van der Waals surface area contributed by atoms with Gasteiger partial charge in [0.05, 0.1) is 29.4 Å². The maximum Gasteiger partial charge on any atom is 0.335 e. The van der Waals surface area contributed by atoms with Crippen molar-refractivity contribution in [1.29, 1.82) is 0 Å². The van der Waals surface area contributed by atoms with Gasteiger partial charge in [-0.1, -0.05) is 11.6 Å². The fourth-order valence-electron chi connectivity index (χ4n) is 5.38. The molecule has 6 rings (SSSR count). The Hall–Kier alpha value is -5.54. The number of carboxylic acids is 1. The molecule has 0 spiro atoms. The summed E-state index contributed by atoms with van der Waals surface area (Å²) in [5.74, 6) is -3.04. The van der Waals surface area contributed by atoms with Gasteiger partial charge in [-0.3, -0.25) is 19.3 Å². The van der Waals surface area contributed by atoms with E-state index < -0.39 is 29.6 Å². The van der Waals surface area contributed by atoms with Gasteiger partial charge in [0.15, 0.2) is 5.82 Å².